The van der Waals surface area contributed by atoms with Gasteiger partial charge in [-0.3, -0.25) is 0 Å². The van der Waals surface area contributed by atoms with Crippen molar-refractivity contribution in [3.05, 3.63) is 40.6 Å². The molecule has 0 aliphatic rings. The van der Waals surface area contributed by atoms with Gasteiger partial charge in [-0.15, -0.1) is 11.3 Å². The summed E-state index contributed by atoms with van der Waals surface area (Å²) in [7, 11) is 0. The van der Waals surface area contributed by atoms with E-state index in [1.807, 2.05) is 19.1 Å². The van der Waals surface area contributed by atoms with Crippen LogP contribution >= 0.6 is 22.9 Å². The fourth-order valence-electron chi connectivity index (χ4n) is 2.38. The van der Waals surface area contributed by atoms with Gasteiger partial charge in [0.05, 0.1) is 26.4 Å². The Morgan fingerprint density at radius 3 is 2.88 bits per heavy atom. The van der Waals surface area contributed by atoms with Gasteiger partial charge in [-0.1, -0.05) is 11.6 Å². The fraction of sp³-hybridized carbons (Fsp3) is 0.0667. The molecule has 0 saturated carbocycles. The average molecular weight is 359 g/mol. The number of anilines is 1. The van der Waals surface area contributed by atoms with E-state index >= 15 is 0 Å². The number of hydrogen-bond acceptors (Lipinski definition) is 7. The van der Waals surface area contributed by atoms with Gasteiger partial charge in [0.15, 0.2) is 11.6 Å². The highest BCUT2D eigenvalue weighted by Crippen LogP contribution is 2.34. The molecule has 4 rings (SSSR count). The van der Waals surface area contributed by atoms with Crippen molar-refractivity contribution in [2.24, 2.45) is 0 Å². The van der Waals surface area contributed by atoms with E-state index in [0.717, 1.165) is 15.9 Å². The van der Waals surface area contributed by atoms with Gasteiger partial charge < -0.3 is 10.8 Å². The summed E-state index contributed by atoms with van der Waals surface area (Å²) in [5, 5.41) is 14.8. The lowest BCUT2D eigenvalue weighted by molar-refractivity contribution is 0.454. The molecule has 0 unspecified atom stereocenters. The molecule has 3 aromatic heterocycles. The number of halogens is 1. The van der Waals surface area contributed by atoms with Crippen LogP contribution in [0.25, 0.3) is 27.3 Å². The molecular formula is C15H11ClN6OS. The van der Waals surface area contributed by atoms with Crippen LogP contribution in [-0.2, 0) is 0 Å². The highest BCUT2D eigenvalue weighted by atomic mass is 35.5. The number of thiazole rings is 1. The van der Waals surface area contributed by atoms with Gasteiger partial charge in [-0.25, -0.2) is 19.6 Å². The van der Waals surface area contributed by atoms with Gasteiger partial charge >= 0.3 is 0 Å². The number of aromatic nitrogens is 5. The highest BCUT2D eigenvalue weighted by molar-refractivity contribution is 7.16. The molecule has 7 nitrogen and oxygen atoms in total. The topological polar surface area (TPSA) is 103 Å². The van der Waals surface area contributed by atoms with Crippen molar-refractivity contribution in [1.29, 1.82) is 0 Å². The fourth-order valence-corrected chi connectivity index (χ4v) is 3.44. The number of nitrogens with two attached hydrogens (primary N) is 1. The van der Waals surface area contributed by atoms with E-state index in [0.29, 0.717) is 22.1 Å². The van der Waals surface area contributed by atoms with E-state index in [2.05, 4.69) is 20.1 Å². The molecule has 0 saturated heterocycles. The number of rotatable bonds is 2. The number of hydrogen-bond donors (Lipinski definition) is 2. The molecule has 0 aliphatic carbocycles. The lowest BCUT2D eigenvalue weighted by Crippen LogP contribution is -2.06. The smallest absolute Gasteiger partial charge is 0.255 e. The predicted octanol–water partition coefficient (Wildman–Crippen LogP) is 3.19. The summed E-state index contributed by atoms with van der Waals surface area (Å²) in [4.78, 5) is 12.7. The Morgan fingerprint density at radius 2 is 2.12 bits per heavy atom. The van der Waals surface area contributed by atoms with Crippen LogP contribution < -0.4 is 5.73 Å². The summed E-state index contributed by atoms with van der Waals surface area (Å²) in [6.07, 6.45) is 1.76. The summed E-state index contributed by atoms with van der Waals surface area (Å²) >= 11 is 7.78. The zero-order valence-electron chi connectivity index (χ0n) is 12.4. The SMILES string of the molecule is Cc1ccn(-c2nc(N)c(O)nc2-c2cc(Cl)c3ncsc3c2)n1. The minimum atomic E-state index is -0.335. The van der Waals surface area contributed by atoms with E-state index in [9.17, 15) is 5.11 Å². The number of nitrogen functional groups attached to an aromatic ring is 1. The number of aryl methyl sites for hydroxylation is 1. The lowest BCUT2D eigenvalue weighted by Gasteiger charge is -2.10. The molecule has 0 bridgehead atoms. The summed E-state index contributed by atoms with van der Waals surface area (Å²) in [6, 6.07) is 5.48. The van der Waals surface area contributed by atoms with Gasteiger partial charge in [0.25, 0.3) is 5.88 Å². The molecule has 120 valence electrons. The van der Waals surface area contributed by atoms with Crippen molar-refractivity contribution in [3.8, 4) is 23.0 Å². The van der Waals surface area contributed by atoms with Crippen LogP contribution in [0.5, 0.6) is 5.88 Å². The summed E-state index contributed by atoms with van der Waals surface area (Å²) in [5.74, 6) is 0.0170. The van der Waals surface area contributed by atoms with E-state index in [1.54, 1.807) is 22.5 Å². The van der Waals surface area contributed by atoms with Crippen LogP contribution in [0.15, 0.2) is 29.9 Å². The van der Waals surface area contributed by atoms with Gasteiger partial charge in [0, 0.05) is 11.8 Å². The molecule has 3 heterocycles. The van der Waals surface area contributed by atoms with Gasteiger partial charge in [0.2, 0.25) is 0 Å². The Bertz CT molecular complexity index is 1070. The van der Waals surface area contributed by atoms with Gasteiger partial charge in [0.1, 0.15) is 5.69 Å². The Balaban J connectivity index is 2.00. The second-order valence-corrected chi connectivity index (χ2v) is 6.46. The predicted molar refractivity (Wildman–Crippen MR) is 93.6 cm³/mol. The summed E-state index contributed by atoms with van der Waals surface area (Å²) < 4.78 is 2.48. The lowest BCUT2D eigenvalue weighted by atomic mass is 10.1. The summed E-state index contributed by atoms with van der Waals surface area (Å²) in [6.45, 7) is 1.87. The van der Waals surface area contributed by atoms with Crippen LogP contribution in [0.2, 0.25) is 5.02 Å². The monoisotopic (exact) mass is 358 g/mol. The number of nitrogens with zero attached hydrogens (tertiary/aromatic N) is 5. The second-order valence-electron chi connectivity index (χ2n) is 5.16. The summed E-state index contributed by atoms with van der Waals surface area (Å²) in [5.41, 5.74) is 10.1. The quantitative estimate of drug-likeness (QED) is 0.570. The molecule has 0 atom stereocenters. The molecule has 0 spiro atoms. The first kappa shape index (κ1) is 14.9. The maximum atomic E-state index is 9.91. The van der Waals surface area contributed by atoms with Crippen molar-refractivity contribution >= 4 is 39.0 Å². The van der Waals surface area contributed by atoms with Crippen LogP contribution in [0, 0.1) is 6.92 Å². The number of benzene rings is 1. The molecule has 4 aromatic rings. The third kappa shape index (κ3) is 2.36. The first-order valence-electron chi connectivity index (χ1n) is 6.95. The minimum absolute atomic E-state index is 0.0631. The Hall–Kier alpha value is -2.71. The normalized spacial score (nSPS) is 11.2. The highest BCUT2D eigenvalue weighted by Gasteiger charge is 2.17. The molecule has 0 radical (unpaired) electrons. The molecule has 24 heavy (non-hydrogen) atoms. The third-order valence-electron chi connectivity index (χ3n) is 3.49. The minimum Gasteiger partial charge on any atom is -0.491 e. The third-order valence-corrected chi connectivity index (χ3v) is 4.55. The standard InChI is InChI=1S/C15H11ClN6OS/c1-7-2-3-22(21-7)14-11(19-15(23)13(17)20-14)8-4-9(16)12-10(5-8)24-6-18-12/h2-6H,1H3,(H2,17,20)(H,19,23). The van der Waals surface area contributed by atoms with Crippen LogP contribution in [0.1, 0.15) is 5.69 Å². The zero-order chi connectivity index (χ0) is 16.8. The van der Waals surface area contributed by atoms with Crippen molar-refractivity contribution < 1.29 is 5.11 Å². The average Bonchev–Trinajstić information content (AvgIpc) is 3.18. The van der Waals surface area contributed by atoms with Crippen LogP contribution in [0.4, 0.5) is 5.82 Å². The zero-order valence-corrected chi connectivity index (χ0v) is 14.0. The van der Waals surface area contributed by atoms with Crippen molar-refractivity contribution in [2.45, 2.75) is 6.92 Å². The molecule has 0 fully saturated rings. The molecular weight excluding hydrogens is 348 g/mol. The van der Waals surface area contributed by atoms with E-state index in [1.165, 1.54) is 11.3 Å². The van der Waals surface area contributed by atoms with Gasteiger partial charge in [-0.2, -0.15) is 5.10 Å². The van der Waals surface area contributed by atoms with Crippen LogP contribution in [-0.4, -0.2) is 29.8 Å². The van der Waals surface area contributed by atoms with Crippen LogP contribution in [0.3, 0.4) is 0 Å². The van der Waals surface area contributed by atoms with E-state index in [-0.39, 0.29) is 11.7 Å². The Morgan fingerprint density at radius 1 is 1.29 bits per heavy atom. The van der Waals surface area contributed by atoms with Crippen molar-refractivity contribution in [1.82, 2.24) is 24.7 Å². The Labute approximate surface area is 145 Å². The molecule has 1 aromatic carbocycles. The number of fused-ring (bicyclic) bond motifs is 1. The Kier molecular flexibility index (Phi) is 3.36. The maximum absolute atomic E-state index is 9.91. The van der Waals surface area contributed by atoms with E-state index in [4.69, 9.17) is 17.3 Å². The first-order chi connectivity index (χ1) is 11.5. The van der Waals surface area contributed by atoms with Gasteiger partial charge in [-0.05, 0) is 25.1 Å². The number of aromatic hydroxyl groups is 1. The second kappa shape index (κ2) is 5.43. The largest absolute Gasteiger partial charge is 0.491 e. The molecule has 3 N–H and O–H groups in total. The van der Waals surface area contributed by atoms with Crippen molar-refractivity contribution in [3.63, 3.8) is 0 Å². The van der Waals surface area contributed by atoms with E-state index < -0.39 is 0 Å². The molecule has 0 aliphatic heterocycles. The first-order valence-corrected chi connectivity index (χ1v) is 8.21. The maximum Gasteiger partial charge on any atom is 0.255 e. The molecule has 9 heteroatoms. The van der Waals surface area contributed by atoms with Crippen molar-refractivity contribution in [2.75, 3.05) is 5.73 Å². The molecule has 0 amide bonds.